The van der Waals surface area contributed by atoms with Crippen LogP contribution in [0.2, 0.25) is 0 Å². The highest BCUT2D eigenvalue weighted by Gasteiger charge is 2.62. The number of hydrogen-bond acceptors (Lipinski definition) is 7. The van der Waals surface area contributed by atoms with Gasteiger partial charge in [0.15, 0.2) is 6.10 Å². The highest BCUT2D eigenvalue weighted by molar-refractivity contribution is 7.89. The maximum atomic E-state index is 13.2. The normalized spacial score (nSPS) is 29.4. The molecular weight excluding hydrogens is 412 g/mol. The molecule has 0 aromatic heterocycles. The fraction of sp³-hybridized carbons (Fsp3) is 0.500. The minimum Gasteiger partial charge on any atom is -0.450 e. The molecule has 0 radical (unpaired) electrons. The van der Waals surface area contributed by atoms with E-state index in [9.17, 15) is 18.0 Å². The van der Waals surface area contributed by atoms with Gasteiger partial charge in [0.25, 0.3) is 10.0 Å². The first-order valence-corrected chi connectivity index (χ1v) is 11.2. The molecule has 0 spiro atoms. The van der Waals surface area contributed by atoms with Crippen molar-refractivity contribution in [2.45, 2.75) is 62.6 Å². The van der Waals surface area contributed by atoms with Crippen molar-refractivity contribution in [2.75, 3.05) is 6.61 Å². The molecule has 1 aliphatic carbocycles. The lowest BCUT2D eigenvalue weighted by molar-refractivity contribution is -0.0612. The van der Waals surface area contributed by atoms with Crippen molar-refractivity contribution in [1.29, 1.82) is 0 Å². The lowest BCUT2D eigenvalue weighted by Crippen LogP contribution is -2.57. The standard InChI is InChI=1S/C20H24N2O7S/c1-5-27-18(23)21-16-15(29-20(21,3)4)11-10-14-17(16)28-19(24)22(14)30(25,26)13-8-6-12(2)7-9-13/h6-11,14-17H,5H2,1-4H3/t14-,15-,16-,17-/m0/s1. The van der Waals surface area contributed by atoms with Crippen LogP contribution in [0.3, 0.4) is 0 Å². The fourth-order valence-electron chi connectivity index (χ4n) is 4.25. The Morgan fingerprint density at radius 2 is 1.87 bits per heavy atom. The number of carbonyl (C=O) groups is 2. The van der Waals surface area contributed by atoms with Crippen molar-refractivity contribution in [2.24, 2.45) is 0 Å². The molecule has 3 aliphatic rings. The third kappa shape index (κ3) is 3.05. The zero-order valence-corrected chi connectivity index (χ0v) is 18.0. The molecular formula is C20H24N2O7S. The summed E-state index contributed by atoms with van der Waals surface area (Å²) in [5.41, 5.74) is -0.122. The van der Waals surface area contributed by atoms with Gasteiger partial charge in [-0.1, -0.05) is 29.8 Å². The van der Waals surface area contributed by atoms with Crippen LogP contribution in [-0.4, -0.2) is 66.4 Å². The monoisotopic (exact) mass is 436 g/mol. The molecule has 1 aromatic rings. The summed E-state index contributed by atoms with van der Waals surface area (Å²) < 4.78 is 43.8. The van der Waals surface area contributed by atoms with Gasteiger partial charge in [-0.05, 0) is 39.8 Å². The predicted octanol–water partition coefficient (Wildman–Crippen LogP) is 2.40. The van der Waals surface area contributed by atoms with E-state index in [1.165, 1.54) is 17.0 Å². The minimum atomic E-state index is -4.15. The van der Waals surface area contributed by atoms with Crippen molar-refractivity contribution in [3.8, 4) is 0 Å². The number of rotatable bonds is 3. The molecule has 162 valence electrons. The molecule has 2 heterocycles. The van der Waals surface area contributed by atoms with Crippen LogP contribution in [0.5, 0.6) is 0 Å². The Labute approximate surface area is 175 Å². The van der Waals surface area contributed by atoms with Crippen molar-refractivity contribution >= 4 is 22.2 Å². The van der Waals surface area contributed by atoms with Gasteiger partial charge in [-0.15, -0.1) is 0 Å². The van der Waals surface area contributed by atoms with E-state index in [4.69, 9.17) is 14.2 Å². The number of sulfonamides is 1. The van der Waals surface area contributed by atoms with Crippen LogP contribution in [-0.2, 0) is 24.2 Å². The molecule has 9 nitrogen and oxygen atoms in total. The van der Waals surface area contributed by atoms with Crippen LogP contribution in [0.1, 0.15) is 26.3 Å². The van der Waals surface area contributed by atoms with Crippen molar-refractivity contribution in [1.82, 2.24) is 9.21 Å². The van der Waals surface area contributed by atoms with Gasteiger partial charge in [0.2, 0.25) is 0 Å². The lowest BCUT2D eigenvalue weighted by Gasteiger charge is -2.36. The van der Waals surface area contributed by atoms with Crippen LogP contribution in [0.4, 0.5) is 9.59 Å². The zero-order valence-electron chi connectivity index (χ0n) is 17.1. The average Bonchev–Trinajstić information content (AvgIpc) is 3.14. The molecule has 0 N–H and O–H groups in total. The Bertz CT molecular complexity index is 1000. The summed E-state index contributed by atoms with van der Waals surface area (Å²) in [6, 6.07) is 4.61. The summed E-state index contributed by atoms with van der Waals surface area (Å²) >= 11 is 0. The second-order valence-electron chi connectivity index (χ2n) is 7.93. The molecule has 2 aliphatic heterocycles. The van der Waals surface area contributed by atoms with Gasteiger partial charge in [-0.25, -0.2) is 18.0 Å². The first-order valence-electron chi connectivity index (χ1n) is 9.72. The number of carbonyl (C=O) groups excluding carboxylic acids is 2. The van der Waals surface area contributed by atoms with E-state index in [1.54, 1.807) is 45.1 Å². The highest BCUT2D eigenvalue weighted by Crippen LogP contribution is 2.43. The quantitative estimate of drug-likeness (QED) is 0.671. The Kier molecular flexibility index (Phi) is 4.81. The maximum Gasteiger partial charge on any atom is 0.424 e. The predicted molar refractivity (Wildman–Crippen MR) is 105 cm³/mol. The highest BCUT2D eigenvalue weighted by atomic mass is 32.2. The number of nitrogens with zero attached hydrogens (tertiary/aromatic N) is 2. The topological polar surface area (TPSA) is 102 Å². The molecule has 4 atom stereocenters. The smallest absolute Gasteiger partial charge is 0.424 e. The van der Waals surface area contributed by atoms with Gasteiger partial charge in [0, 0.05) is 0 Å². The molecule has 10 heteroatoms. The summed E-state index contributed by atoms with van der Waals surface area (Å²) in [5.74, 6) is 0. The van der Waals surface area contributed by atoms with Crippen molar-refractivity contribution < 1.29 is 32.2 Å². The van der Waals surface area contributed by atoms with Crippen LogP contribution in [0.25, 0.3) is 0 Å². The number of benzene rings is 1. The van der Waals surface area contributed by atoms with E-state index in [0.29, 0.717) is 0 Å². The van der Waals surface area contributed by atoms with Crippen LogP contribution in [0.15, 0.2) is 41.3 Å². The number of amides is 2. The van der Waals surface area contributed by atoms with Gasteiger partial charge in [-0.3, -0.25) is 4.90 Å². The van der Waals surface area contributed by atoms with Gasteiger partial charge < -0.3 is 14.2 Å². The fourth-order valence-corrected chi connectivity index (χ4v) is 5.70. The molecule has 2 amide bonds. The number of aryl methyl sites for hydroxylation is 1. The molecule has 0 bridgehead atoms. The van der Waals surface area contributed by atoms with E-state index < -0.39 is 52.2 Å². The third-order valence-electron chi connectivity index (χ3n) is 5.54. The van der Waals surface area contributed by atoms with E-state index >= 15 is 0 Å². The molecule has 1 aromatic carbocycles. The van der Waals surface area contributed by atoms with E-state index in [0.717, 1.165) is 9.87 Å². The molecule has 4 rings (SSSR count). The SMILES string of the molecule is CCOC(=O)N1[C@@H]2[C@H]3OC(=O)N(S(=O)(=O)c4ccc(C)cc4)[C@H]3C=C[C@@H]2OC1(C)C. The minimum absolute atomic E-state index is 0.00789. The maximum absolute atomic E-state index is 13.2. The van der Waals surface area contributed by atoms with Gasteiger partial charge in [0.05, 0.1) is 11.5 Å². The van der Waals surface area contributed by atoms with E-state index in [-0.39, 0.29) is 11.5 Å². The Hall–Kier alpha value is -2.59. The molecule has 0 unspecified atom stereocenters. The van der Waals surface area contributed by atoms with Crippen LogP contribution >= 0.6 is 0 Å². The summed E-state index contributed by atoms with van der Waals surface area (Å²) in [5, 5.41) is 0. The zero-order chi connectivity index (χ0) is 21.8. The van der Waals surface area contributed by atoms with Crippen LogP contribution in [0, 0.1) is 6.92 Å². The molecule has 30 heavy (non-hydrogen) atoms. The Balaban J connectivity index is 1.71. The second-order valence-corrected chi connectivity index (χ2v) is 9.74. The average molecular weight is 436 g/mol. The molecule has 2 fully saturated rings. The van der Waals surface area contributed by atoms with Gasteiger partial charge in [0.1, 0.15) is 23.9 Å². The number of fused-ring (bicyclic) bond motifs is 3. The molecule has 2 saturated heterocycles. The second kappa shape index (κ2) is 6.98. The van der Waals surface area contributed by atoms with E-state index in [1.807, 2.05) is 6.92 Å². The van der Waals surface area contributed by atoms with Gasteiger partial charge in [-0.2, -0.15) is 4.31 Å². The third-order valence-corrected chi connectivity index (χ3v) is 7.32. The lowest BCUT2D eigenvalue weighted by atomic mass is 9.92. The first kappa shape index (κ1) is 20.7. The van der Waals surface area contributed by atoms with Crippen LogP contribution < -0.4 is 0 Å². The van der Waals surface area contributed by atoms with Gasteiger partial charge >= 0.3 is 12.2 Å². The van der Waals surface area contributed by atoms with Crippen molar-refractivity contribution in [3.05, 3.63) is 42.0 Å². The number of hydrogen-bond donors (Lipinski definition) is 0. The Morgan fingerprint density at radius 3 is 2.50 bits per heavy atom. The summed E-state index contributed by atoms with van der Waals surface area (Å²) in [6.45, 7) is 7.12. The summed E-state index contributed by atoms with van der Waals surface area (Å²) in [6.07, 6.45) is 0.198. The molecule has 0 saturated carbocycles. The number of ether oxygens (including phenoxy) is 3. The largest absolute Gasteiger partial charge is 0.450 e. The summed E-state index contributed by atoms with van der Waals surface area (Å²) in [4.78, 5) is 26.7. The van der Waals surface area contributed by atoms with Crippen molar-refractivity contribution in [3.63, 3.8) is 0 Å². The Morgan fingerprint density at radius 1 is 1.20 bits per heavy atom. The summed E-state index contributed by atoms with van der Waals surface area (Å²) in [7, 11) is -4.15. The van der Waals surface area contributed by atoms with E-state index in [2.05, 4.69) is 0 Å². The first-order chi connectivity index (χ1) is 14.1.